The first-order valence-electron chi connectivity index (χ1n) is 2.42. The summed E-state index contributed by atoms with van der Waals surface area (Å²) in [6, 6.07) is 0. The zero-order valence-corrected chi connectivity index (χ0v) is 5.60. The van der Waals surface area contributed by atoms with Crippen molar-refractivity contribution < 1.29 is 24.9 Å². The predicted molar refractivity (Wildman–Crippen MR) is 35.3 cm³/mol. The third-order valence-electron chi connectivity index (χ3n) is 0.422. The number of carboxylic acids is 1. The van der Waals surface area contributed by atoms with Gasteiger partial charge in [0.25, 0.3) is 6.29 Å². The Labute approximate surface area is 62.6 Å². The van der Waals surface area contributed by atoms with E-state index in [9.17, 15) is 9.59 Å². The molecular formula is C5H9NO5. The van der Waals surface area contributed by atoms with Crippen molar-refractivity contribution in [3.8, 4) is 0 Å². The van der Waals surface area contributed by atoms with Crippen LogP contribution in [0.3, 0.4) is 0 Å². The molecule has 0 bridgehead atoms. The van der Waals surface area contributed by atoms with Crippen LogP contribution in [0, 0.1) is 0 Å². The molecule has 0 aliphatic rings. The highest BCUT2D eigenvalue weighted by Crippen LogP contribution is 1.67. The summed E-state index contributed by atoms with van der Waals surface area (Å²) < 4.78 is 0. The second-order valence-electron chi connectivity index (χ2n) is 1.32. The second-order valence-corrected chi connectivity index (χ2v) is 1.32. The average molecular weight is 163 g/mol. The topological polar surface area (TPSA) is 121 Å². The first-order valence-corrected chi connectivity index (χ1v) is 2.42. The van der Waals surface area contributed by atoms with Gasteiger partial charge >= 0.3 is 5.97 Å². The zero-order chi connectivity index (χ0) is 9.44. The molecule has 5 N–H and O–H groups in total. The van der Waals surface area contributed by atoms with Crippen LogP contribution in [-0.4, -0.2) is 33.5 Å². The van der Waals surface area contributed by atoms with Crippen molar-refractivity contribution in [3.05, 3.63) is 12.7 Å². The summed E-state index contributed by atoms with van der Waals surface area (Å²) in [5.74, 6) is -2.11. The van der Waals surface area contributed by atoms with E-state index in [2.05, 4.69) is 12.3 Å². The van der Waals surface area contributed by atoms with Crippen molar-refractivity contribution in [1.82, 2.24) is 0 Å². The molecule has 0 heterocycles. The minimum Gasteiger partial charge on any atom is -0.477 e. The Balaban J connectivity index is 0. The maximum atomic E-state index is 9.47. The molecule has 1 amide bonds. The van der Waals surface area contributed by atoms with Crippen molar-refractivity contribution in [1.29, 1.82) is 0 Å². The van der Waals surface area contributed by atoms with E-state index in [1.165, 1.54) is 0 Å². The van der Waals surface area contributed by atoms with Gasteiger partial charge in [0.2, 0.25) is 5.91 Å². The van der Waals surface area contributed by atoms with Gasteiger partial charge in [-0.05, 0) is 6.08 Å². The summed E-state index contributed by atoms with van der Waals surface area (Å²) in [4.78, 5) is 18.7. The Morgan fingerprint density at radius 3 is 1.64 bits per heavy atom. The molecule has 0 saturated heterocycles. The number of carbonyl (C=O) groups is 2. The number of nitrogens with two attached hydrogens (primary N) is 1. The first kappa shape index (κ1) is 12.3. The maximum absolute atomic E-state index is 9.47. The molecule has 0 radical (unpaired) electrons. The average Bonchev–Trinajstić information content (AvgIpc) is 1.89. The molecule has 64 valence electrons. The lowest BCUT2D eigenvalue weighted by molar-refractivity contribution is -0.165. The van der Waals surface area contributed by atoms with Crippen molar-refractivity contribution in [3.63, 3.8) is 0 Å². The Morgan fingerprint density at radius 1 is 1.45 bits per heavy atom. The van der Waals surface area contributed by atoms with E-state index in [1.54, 1.807) is 0 Å². The van der Waals surface area contributed by atoms with Gasteiger partial charge in [-0.3, -0.25) is 4.79 Å². The molecule has 6 nitrogen and oxygen atoms in total. The number of aliphatic hydroxyl groups excluding tert-OH is 1. The van der Waals surface area contributed by atoms with Crippen molar-refractivity contribution in [2.75, 3.05) is 0 Å². The fourth-order valence-corrected chi connectivity index (χ4v) is 0. The fraction of sp³-hybridized carbons (Fsp3) is 0.200. The lowest BCUT2D eigenvalue weighted by atomic mass is 10.6. The van der Waals surface area contributed by atoms with E-state index >= 15 is 0 Å². The number of carboxylic acid groups (broad SMARTS) is 1. The summed E-state index contributed by atoms with van der Waals surface area (Å²) in [7, 11) is 0. The third-order valence-corrected chi connectivity index (χ3v) is 0.422. The summed E-state index contributed by atoms with van der Waals surface area (Å²) >= 11 is 0. The zero-order valence-electron chi connectivity index (χ0n) is 5.60. The number of primary amides is 1. The van der Waals surface area contributed by atoms with Crippen LogP contribution in [0.25, 0.3) is 0 Å². The predicted octanol–water partition coefficient (Wildman–Crippen LogP) is -1.96. The minimum atomic E-state index is -2.23. The molecular weight excluding hydrogens is 154 g/mol. The lowest BCUT2D eigenvalue weighted by Gasteiger charge is -1.88. The molecule has 0 unspecified atom stereocenters. The molecule has 6 heteroatoms. The molecule has 0 fully saturated rings. The largest absolute Gasteiger partial charge is 0.477 e. The molecule has 0 aromatic heterocycles. The van der Waals surface area contributed by atoms with E-state index in [0.717, 1.165) is 6.08 Å². The highest BCUT2D eigenvalue weighted by atomic mass is 16.5. The van der Waals surface area contributed by atoms with E-state index < -0.39 is 18.2 Å². The van der Waals surface area contributed by atoms with Crippen molar-refractivity contribution in [2.24, 2.45) is 5.73 Å². The van der Waals surface area contributed by atoms with Crippen LogP contribution in [0.5, 0.6) is 0 Å². The molecule has 0 spiro atoms. The number of hydrogen-bond donors (Lipinski definition) is 4. The molecule has 0 aromatic rings. The molecule has 0 aliphatic carbocycles. The minimum absolute atomic E-state index is 0.481. The van der Waals surface area contributed by atoms with Crippen LogP contribution >= 0.6 is 0 Å². The quantitative estimate of drug-likeness (QED) is 0.278. The maximum Gasteiger partial charge on any atom is 0.360 e. The standard InChI is InChI=1S/C3H5NO.C2H4O4/c1-2-3(4)5;3-1(4)2(5)6/h2H,1H2,(H2,4,5);1,3-4H,(H,5,6). The highest BCUT2D eigenvalue weighted by Gasteiger charge is 2.04. The van der Waals surface area contributed by atoms with E-state index in [4.69, 9.17) is 15.3 Å². The molecule has 0 atom stereocenters. The summed E-state index contributed by atoms with van der Waals surface area (Å²) in [5, 5.41) is 22.7. The molecule has 0 saturated carbocycles. The van der Waals surface area contributed by atoms with Crippen molar-refractivity contribution >= 4 is 11.9 Å². The Bertz CT molecular complexity index is 153. The third kappa shape index (κ3) is 17.7. The van der Waals surface area contributed by atoms with Crippen molar-refractivity contribution in [2.45, 2.75) is 6.29 Å². The number of aliphatic carboxylic acids is 1. The number of aliphatic hydroxyl groups is 2. The Morgan fingerprint density at radius 2 is 1.64 bits per heavy atom. The van der Waals surface area contributed by atoms with Crippen LogP contribution in [0.1, 0.15) is 0 Å². The van der Waals surface area contributed by atoms with Crippen LogP contribution in [0.2, 0.25) is 0 Å². The van der Waals surface area contributed by atoms with Gasteiger partial charge in [-0.2, -0.15) is 0 Å². The van der Waals surface area contributed by atoms with Gasteiger partial charge < -0.3 is 21.1 Å². The van der Waals surface area contributed by atoms with E-state index in [0.29, 0.717) is 0 Å². The molecule has 0 aliphatic heterocycles. The second kappa shape index (κ2) is 6.72. The highest BCUT2D eigenvalue weighted by molar-refractivity contribution is 5.84. The van der Waals surface area contributed by atoms with Crippen LogP contribution in [0.15, 0.2) is 12.7 Å². The summed E-state index contributed by atoms with van der Waals surface area (Å²) in [5.41, 5.74) is 4.53. The van der Waals surface area contributed by atoms with Gasteiger partial charge in [0.15, 0.2) is 0 Å². The number of amides is 1. The van der Waals surface area contributed by atoms with Gasteiger partial charge in [0.05, 0.1) is 0 Å². The molecule has 11 heavy (non-hydrogen) atoms. The monoisotopic (exact) mass is 163 g/mol. The van der Waals surface area contributed by atoms with Crippen LogP contribution < -0.4 is 5.73 Å². The van der Waals surface area contributed by atoms with Gasteiger partial charge in [0, 0.05) is 0 Å². The van der Waals surface area contributed by atoms with Gasteiger partial charge in [-0.1, -0.05) is 6.58 Å². The van der Waals surface area contributed by atoms with Crippen LogP contribution in [-0.2, 0) is 9.59 Å². The SMILES string of the molecule is C=CC(N)=O.O=C(O)C(O)O. The van der Waals surface area contributed by atoms with E-state index in [1.807, 2.05) is 0 Å². The number of hydrogen-bond acceptors (Lipinski definition) is 4. The van der Waals surface area contributed by atoms with E-state index in [-0.39, 0.29) is 0 Å². The summed E-state index contributed by atoms with van der Waals surface area (Å²) in [6.45, 7) is 3.09. The molecule has 0 rings (SSSR count). The normalized spacial score (nSPS) is 7.91. The Kier molecular flexibility index (Phi) is 7.51. The Hall–Kier alpha value is -1.40. The lowest BCUT2D eigenvalue weighted by Crippen LogP contribution is -2.17. The van der Waals surface area contributed by atoms with Gasteiger partial charge in [-0.25, -0.2) is 4.79 Å². The molecule has 0 aromatic carbocycles. The summed E-state index contributed by atoms with van der Waals surface area (Å²) in [6.07, 6.45) is -1.18. The first-order chi connectivity index (χ1) is 4.91. The van der Waals surface area contributed by atoms with Crippen LogP contribution in [0.4, 0.5) is 0 Å². The number of carbonyl (C=O) groups excluding carboxylic acids is 1. The number of rotatable bonds is 2. The van der Waals surface area contributed by atoms with Gasteiger partial charge in [0.1, 0.15) is 0 Å². The fourth-order valence-electron chi connectivity index (χ4n) is 0. The smallest absolute Gasteiger partial charge is 0.360 e. The van der Waals surface area contributed by atoms with Gasteiger partial charge in [-0.15, -0.1) is 0 Å².